The Morgan fingerprint density at radius 2 is 1.58 bits per heavy atom. The lowest BCUT2D eigenvalue weighted by atomic mass is 10.1. The molecular weight excluding hydrogens is 146 g/mol. The van der Waals surface area contributed by atoms with Gasteiger partial charge < -0.3 is 5.32 Å². The van der Waals surface area contributed by atoms with Crippen molar-refractivity contribution < 1.29 is 0 Å². The fraction of sp³-hybridized carbons (Fsp3) is 0.636. The van der Waals surface area contributed by atoms with Crippen LogP contribution in [0, 0.1) is 24.8 Å². The van der Waals surface area contributed by atoms with E-state index >= 15 is 0 Å². The third kappa shape index (κ3) is 8.92. The molecule has 0 heterocycles. The van der Waals surface area contributed by atoms with E-state index in [9.17, 15) is 0 Å². The van der Waals surface area contributed by atoms with E-state index in [1.165, 1.54) is 32.1 Å². The van der Waals surface area contributed by atoms with Crippen LogP contribution in [0.3, 0.4) is 0 Å². The summed E-state index contributed by atoms with van der Waals surface area (Å²) in [6, 6.07) is 2.40. The molecule has 1 N–H and O–H groups in total. The Bertz CT molecular complexity index is 139. The van der Waals surface area contributed by atoms with Gasteiger partial charge in [0.05, 0.1) is 0 Å². The van der Waals surface area contributed by atoms with Crippen LogP contribution >= 0.6 is 0 Å². The molecule has 0 aliphatic heterocycles. The predicted molar refractivity (Wildman–Crippen MR) is 53.4 cm³/mol. The van der Waals surface area contributed by atoms with Crippen LogP contribution in [-0.4, -0.2) is 6.54 Å². The maximum atomic E-state index is 5.13. The van der Waals surface area contributed by atoms with E-state index in [0.717, 1.165) is 13.0 Å². The molecule has 0 fully saturated rings. The predicted octanol–water partition coefficient (Wildman–Crippen LogP) is 2.14. The lowest BCUT2D eigenvalue weighted by Crippen LogP contribution is -2.06. The van der Waals surface area contributed by atoms with Gasteiger partial charge in [0, 0.05) is 19.0 Å². The number of nitrogens with one attached hydrogen (secondary N) is 1. The fourth-order valence-corrected chi connectivity index (χ4v) is 1.04. The number of hydrogen-bond acceptors (Lipinski definition) is 1. The molecule has 1 nitrogen and oxygen atoms in total. The van der Waals surface area contributed by atoms with Gasteiger partial charge >= 0.3 is 0 Å². The van der Waals surface area contributed by atoms with Gasteiger partial charge in [0.1, 0.15) is 0 Å². The Balaban J connectivity index is 2.84. The van der Waals surface area contributed by atoms with E-state index in [1.54, 1.807) is 0 Å². The SMILES string of the molecule is C#CCCCCCCCNC#C. The highest BCUT2D eigenvalue weighted by Crippen LogP contribution is 2.03. The molecule has 0 aromatic carbocycles. The Morgan fingerprint density at radius 3 is 2.25 bits per heavy atom. The van der Waals surface area contributed by atoms with Crippen molar-refractivity contribution in [2.75, 3.05) is 6.54 Å². The lowest BCUT2D eigenvalue weighted by Gasteiger charge is -1.98. The monoisotopic (exact) mass is 163 g/mol. The average molecular weight is 163 g/mol. The van der Waals surface area contributed by atoms with E-state index in [0.29, 0.717) is 0 Å². The Hall–Kier alpha value is -1.08. The molecule has 0 bridgehead atoms. The molecule has 0 aliphatic carbocycles. The minimum Gasteiger partial charge on any atom is -0.346 e. The maximum Gasteiger partial charge on any atom is 0.0229 e. The molecule has 1 heteroatoms. The standard InChI is InChI=1S/C11H17N/c1-3-5-6-7-8-9-10-11-12-4-2/h1-2,12H,5-11H2. The highest BCUT2D eigenvalue weighted by Gasteiger charge is 1.88. The zero-order valence-corrected chi connectivity index (χ0v) is 7.60. The molecule has 0 amide bonds. The molecule has 0 rings (SSSR count). The van der Waals surface area contributed by atoms with Crippen LogP contribution in [0.4, 0.5) is 0 Å². The van der Waals surface area contributed by atoms with Gasteiger partial charge in [-0.1, -0.05) is 25.7 Å². The van der Waals surface area contributed by atoms with Crippen molar-refractivity contribution >= 4 is 0 Å². The van der Waals surface area contributed by atoms with Crippen molar-refractivity contribution in [3.8, 4) is 24.8 Å². The van der Waals surface area contributed by atoms with E-state index in [4.69, 9.17) is 12.8 Å². The first kappa shape index (κ1) is 10.9. The number of hydrogen-bond donors (Lipinski definition) is 1. The fourth-order valence-electron chi connectivity index (χ4n) is 1.04. The van der Waals surface area contributed by atoms with Gasteiger partial charge in [0.2, 0.25) is 0 Å². The maximum absolute atomic E-state index is 5.13. The van der Waals surface area contributed by atoms with Gasteiger partial charge in [-0.3, -0.25) is 0 Å². The van der Waals surface area contributed by atoms with Crippen molar-refractivity contribution in [1.29, 1.82) is 0 Å². The first-order valence-electron chi connectivity index (χ1n) is 4.53. The zero-order valence-electron chi connectivity index (χ0n) is 7.60. The van der Waals surface area contributed by atoms with E-state index in [-0.39, 0.29) is 0 Å². The summed E-state index contributed by atoms with van der Waals surface area (Å²) in [7, 11) is 0. The van der Waals surface area contributed by atoms with E-state index in [2.05, 4.69) is 17.3 Å². The summed E-state index contributed by atoms with van der Waals surface area (Å²) in [4.78, 5) is 0. The zero-order chi connectivity index (χ0) is 9.07. The summed E-state index contributed by atoms with van der Waals surface area (Å²) >= 11 is 0. The first-order valence-corrected chi connectivity index (χ1v) is 4.53. The largest absolute Gasteiger partial charge is 0.346 e. The smallest absolute Gasteiger partial charge is 0.0229 e. The van der Waals surface area contributed by atoms with Crippen molar-refractivity contribution in [2.24, 2.45) is 0 Å². The van der Waals surface area contributed by atoms with E-state index in [1.807, 2.05) is 0 Å². The number of rotatable bonds is 7. The van der Waals surface area contributed by atoms with Crippen molar-refractivity contribution in [1.82, 2.24) is 5.32 Å². The molecule has 0 unspecified atom stereocenters. The van der Waals surface area contributed by atoms with Gasteiger partial charge in [-0.2, -0.15) is 0 Å². The molecule has 0 aromatic heterocycles. The van der Waals surface area contributed by atoms with Crippen LogP contribution in [0.25, 0.3) is 0 Å². The Kier molecular flexibility index (Phi) is 9.03. The molecule has 0 aromatic rings. The normalized spacial score (nSPS) is 8.50. The quantitative estimate of drug-likeness (QED) is 0.344. The van der Waals surface area contributed by atoms with Crippen LogP contribution in [0.2, 0.25) is 0 Å². The molecule has 0 aliphatic rings. The van der Waals surface area contributed by atoms with Gasteiger partial charge in [-0.25, -0.2) is 0 Å². The lowest BCUT2D eigenvalue weighted by molar-refractivity contribution is 0.612. The highest BCUT2D eigenvalue weighted by atomic mass is 14.8. The van der Waals surface area contributed by atoms with E-state index < -0.39 is 0 Å². The van der Waals surface area contributed by atoms with Crippen molar-refractivity contribution in [3.63, 3.8) is 0 Å². The van der Waals surface area contributed by atoms with Crippen molar-refractivity contribution in [2.45, 2.75) is 38.5 Å². The van der Waals surface area contributed by atoms with Gasteiger partial charge in [0.15, 0.2) is 0 Å². The molecule has 0 spiro atoms. The summed E-state index contributed by atoms with van der Waals surface area (Å²) in [5, 5.41) is 2.85. The van der Waals surface area contributed by atoms with Gasteiger partial charge in [-0.15, -0.1) is 12.3 Å². The Labute approximate surface area is 75.9 Å². The minimum atomic E-state index is 0.919. The van der Waals surface area contributed by atoms with Crippen LogP contribution in [0.15, 0.2) is 0 Å². The number of unbranched alkanes of at least 4 members (excludes halogenated alkanes) is 5. The van der Waals surface area contributed by atoms with Crippen LogP contribution in [0.5, 0.6) is 0 Å². The molecule has 0 saturated carbocycles. The molecule has 12 heavy (non-hydrogen) atoms. The third-order valence-corrected chi connectivity index (χ3v) is 1.72. The summed E-state index contributed by atoms with van der Waals surface area (Å²) in [5.74, 6) is 2.64. The second-order valence-corrected chi connectivity index (χ2v) is 2.79. The minimum absolute atomic E-state index is 0.919. The third-order valence-electron chi connectivity index (χ3n) is 1.72. The first-order chi connectivity index (χ1) is 5.91. The molecule has 0 saturated heterocycles. The average Bonchev–Trinajstić information content (AvgIpc) is 2.10. The van der Waals surface area contributed by atoms with Gasteiger partial charge in [0.25, 0.3) is 0 Å². The van der Waals surface area contributed by atoms with Crippen LogP contribution in [0.1, 0.15) is 38.5 Å². The molecular formula is C11H17N. The highest BCUT2D eigenvalue weighted by molar-refractivity contribution is 4.82. The topological polar surface area (TPSA) is 12.0 Å². The summed E-state index contributed by atoms with van der Waals surface area (Å²) in [6.45, 7) is 0.936. The van der Waals surface area contributed by atoms with Crippen molar-refractivity contribution in [3.05, 3.63) is 0 Å². The second kappa shape index (κ2) is 9.92. The summed E-state index contributed by atoms with van der Waals surface area (Å²) in [6.07, 6.45) is 17.2. The van der Waals surface area contributed by atoms with Gasteiger partial charge in [-0.05, 0) is 12.8 Å². The summed E-state index contributed by atoms with van der Waals surface area (Å²) in [5.41, 5.74) is 0. The van der Waals surface area contributed by atoms with Crippen LogP contribution < -0.4 is 5.32 Å². The Morgan fingerprint density at radius 1 is 0.917 bits per heavy atom. The molecule has 0 atom stereocenters. The molecule has 0 radical (unpaired) electrons. The number of terminal acetylenes is 2. The van der Waals surface area contributed by atoms with Crippen LogP contribution in [-0.2, 0) is 0 Å². The molecule has 66 valence electrons. The second-order valence-electron chi connectivity index (χ2n) is 2.79. The summed E-state index contributed by atoms with van der Waals surface area (Å²) < 4.78 is 0.